The minimum atomic E-state index is -3.79. The van der Waals surface area contributed by atoms with Gasteiger partial charge in [-0.3, -0.25) is 0 Å². The number of hydrogen-bond acceptors (Lipinski definition) is 4. The molecule has 0 unspecified atom stereocenters. The molecule has 1 aliphatic rings. The molecular formula is C13H19FN2O3S. The van der Waals surface area contributed by atoms with E-state index in [1.54, 1.807) is 0 Å². The smallest absolute Gasteiger partial charge is 0.241 e. The minimum absolute atomic E-state index is 0.0352. The number of nitrogen functional groups attached to an aromatic ring is 1. The summed E-state index contributed by atoms with van der Waals surface area (Å²) in [4.78, 5) is -0.173. The highest BCUT2D eigenvalue weighted by atomic mass is 32.2. The van der Waals surface area contributed by atoms with Crippen LogP contribution in [-0.4, -0.2) is 21.1 Å². The van der Waals surface area contributed by atoms with Gasteiger partial charge in [-0.2, -0.15) is 0 Å². The van der Waals surface area contributed by atoms with E-state index in [9.17, 15) is 12.8 Å². The maximum absolute atomic E-state index is 13.8. The molecule has 1 aromatic rings. The van der Waals surface area contributed by atoms with Crippen molar-refractivity contribution in [2.24, 2.45) is 0 Å². The van der Waals surface area contributed by atoms with Gasteiger partial charge in [0.05, 0.1) is 17.7 Å². The highest BCUT2D eigenvalue weighted by Crippen LogP contribution is 2.37. The van der Waals surface area contributed by atoms with Gasteiger partial charge < -0.3 is 10.5 Å². The van der Waals surface area contributed by atoms with Gasteiger partial charge in [0.2, 0.25) is 10.0 Å². The number of ether oxygens (including phenoxy) is 1. The summed E-state index contributed by atoms with van der Waals surface area (Å²) in [6.07, 6.45) is 3.31. The first-order valence-corrected chi connectivity index (χ1v) is 7.99. The van der Waals surface area contributed by atoms with Crippen LogP contribution < -0.4 is 15.2 Å². The van der Waals surface area contributed by atoms with Gasteiger partial charge >= 0.3 is 0 Å². The third-order valence-corrected chi connectivity index (χ3v) is 5.46. The van der Waals surface area contributed by atoms with Gasteiger partial charge in [-0.1, -0.05) is 6.92 Å². The fraction of sp³-hybridized carbons (Fsp3) is 0.538. The van der Waals surface area contributed by atoms with Crippen molar-refractivity contribution in [3.63, 3.8) is 0 Å². The maximum Gasteiger partial charge on any atom is 0.241 e. The lowest BCUT2D eigenvalue weighted by Gasteiger charge is -2.41. The van der Waals surface area contributed by atoms with Gasteiger partial charge in [0, 0.05) is 5.54 Å². The van der Waals surface area contributed by atoms with Gasteiger partial charge in [-0.05, 0) is 37.8 Å². The van der Waals surface area contributed by atoms with E-state index >= 15 is 0 Å². The van der Waals surface area contributed by atoms with Crippen molar-refractivity contribution in [3.05, 3.63) is 17.9 Å². The zero-order chi connectivity index (χ0) is 15.0. The molecule has 0 aromatic heterocycles. The molecule has 0 aliphatic heterocycles. The van der Waals surface area contributed by atoms with Crippen molar-refractivity contribution < 1.29 is 17.5 Å². The third-order valence-electron chi connectivity index (χ3n) is 3.90. The molecule has 3 N–H and O–H groups in total. The van der Waals surface area contributed by atoms with Crippen LogP contribution in [0.25, 0.3) is 0 Å². The predicted octanol–water partition coefficient (Wildman–Crippen LogP) is 2.03. The van der Waals surface area contributed by atoms with Gasteiger partial charge in [0.25, 0.3) is 0 Å². The summed E-state index contributed by atoms with van der Waals surface area (Å²) in [6.45, 7) is 1.94. The second-order valence-corrected chi connectivity index (χ2v) is 6.80. The standard InChI is InChI=1S/C13H19FN2O3S/c1-3-13(5-4-6-13)16-20(17,18)9-7-10(14)12(19-2)11(15)8-9/h7-8,16H,3-6,15H2,1-2H3. The van der Waals surface area contributed by atoms with Gasteiger partial charge in [0.15, 0.2) is 11.6 Å². The van der Waals surface area contributed by atoms with E-state index in [4.69, 9.17) is 10.5 Å². The van der Waals surface area contributed by atoms with Crippen molar-refractivity contribution in [2.75, 3.05) is 12.8 Å². The zero-order valence-corrected chi connectivity index (χ0v) is 12.4. The lowest BCUT2D eigenvalue weighted by molar-refractivity contribution is 0.214. The first-order valence-electron chi connectivity index (χ1n) is 6.50. The van der Waals surface area contributed by atoms with Crippen LogP contribution in [0.1, 0.15) is 32.6 Å². The molecule has 0 saturated heterocycles. The van der Waals surface area contributed by atoms with Crippen molar-refractivity contribution >= 4 is 15.7 Å². The van der Waals surface area contributed by atoms with Crippen LogP contribution in [-0.2, 0) is 10.0 Å². The Labute approximate surface area is 118 Å². The molecule has 5 nitrogen and oxygen atoms in total. The molecule has 1 saturated carbocycles. The highest BCUT2D eigenvalue weighted by Gasteiger charge is 2.39. The monoisotopic (exact) mass is 302 g/mol. The van der Waals surface area contributed by atoms with E-state index in [1.807, 2.05) is 6.92 Å². The summed E-state index contributed by atoms with van der Waals surface area (Å²) in [6, 6.07) is 2.14. The lowest BCUT2D eigenvalue weighted by Crippen LogP contribution is -2.52. The van der Waals surface area contributed by atoms with Crippen LogP contribution in [0.5, 0.6) is 5.75 Å². The first kappa shape index (κ1) is 15.1. The molecule has 1 fully saturated rings. The molecule has 0 spiro atoms. The Kier molecular flexibility index (Phi) is 3.93. The first-order chi connectivity index (χ1) is 9.33. The average molecular weight is 302 g/mol. The molecule has 0 radical (unpaired) electrons. The number of benzene rings is 1. The summed E-state index contributed by atoms with van der Waals surface area (Å²) < 4.78 is 45.9. The van der Waals surface area contributed by atoms with Crippen LogP contribution >= 0.6 is 0 Å². The van der Waals surface area contributed by atoms with Gasteiger partial charge in [-0.15, -0.1) is 0 Å². The van der Waals surface area contributed by atoms with Crippen LogP contribution in [0.2, 0.25) is 0 Å². The Hall–Kier alpha value is -1.34. The minimum Gasteiger partial charge on any atom is -0.492 e. The summed E-state index contributed by atoms with van der Waals surface area (Å²) in [5.74, 6) is -0.926. The van der Waals surface area contributed by atoms with E-state index in [2.05, 4.69) is 4.72 Å². The Bertz CT molecular complexity index is 584. The Morgan fingerprint density at radius 3 is 2.50 bits per heavy atom. The molecule has 0 bridgehead atoms. The fourth-order valence-electron chi connectivity index (χ4n) is 2.43. The topological polar surface area (TPSA) is 81.4 Å². The van der Waals surface area contributed by atoms with Crippen molar-refractivity contribution in [3.8, 4) is 5.75 Å². The van der Waals surface area contributed by atoms with Gasteiger partial charge in [0.1, 0.15) is 0 Å². The quantitative estimate of drug-likeness (QED) is 0.815. The van der Waals surface area contributed by atoms with Crippen LogP contribution in [0.3, 0.4) is 0 Å². The van der Waals surface area contributed by atoms with Crippen LogP contribution in [0.4, 0.5) is 10.1 Å². The van der Waals surface area contributed by atoms with Gasteiger partial charge in [-0.25, -0.2) is 17.5 Å². The van der Waals surface area contributed by atoms with E-state index in [0.29, 0.717) is 6.42 Å². The van der Waals surface area contributed by atoms with Crippen LogP contribution in [0.15, 0.2) is 17.0 Å². The number of nitrogens with two attached hydrogens (primary N) is 1. The normalized spacial score (nSPS) is 17.6. The number of hydrogen-bond donors (Lipinski definition) is 2. The maximum atomic E-state index is 13.8. The largest absolute Gasteiger partial charge is 0.492 e. The molecule has 0 amide bonds. The molecule has 0 atom stereocenters. The number of sulfonamides is 1. The molecule has 20 heavy (non-hydrogen) atoms. The Morgan fingerprint density at radius 1 is 1.45 bits per heavy atom. The zero-order valence-electron chi connectivity index (χ0n) is 11.6. The second-order valence-electron chi connectivity index (χ2n) is 5.12. The Morgan fingerprint density at radius 2 is 2.10 bits per heavy atom. The van der Waals surface area contributed by atoms with Crippen molar-refractivity contribution in [2.45, 2.75) is 43.0 Å². The summed E-state index contributed by atoms with van der Waals surface area (Å²) >= 11 is 0. The number of halogens is 1. The average Bonchev–Trinajstić information content (AvgIpc) is 2.33. The van der Waals surface area contributed by atoms with Crippen molar-refractivity contribution in [1.82, 2.24) is 4.72 Å². The number of rotatable bonds is 5. The van der Waals surface area contributed by atoms with Crippen molar-refractivity contribution in [1.29, 1.82) is 0 Å². The summed E-state index contributed by atoms with van der Waals surface area (Å²) in [5.41, 5.74) is 5.18. The Balaban J connectivity index is 2.35. The molecule has 1 aliphatic carbocycles. The SMILES string of the molecule is CCC1(NS(=O)(=O)c2cc(N)c(OC)c(F)c2)CCC1. The second kappa shape index (κ2) is 5.21. The fourth-order valence-corrected chi connectivity index (χ4v) is 4.01. The summed E-state index contributed by atoms with van der Waals surface area (Å²) in [7, 11) is -2.51. The molecular weight excluding hydrogens is 283 g/mol. The van der Waals surface area contributed by atoms with E-state index in [-0.39, 0.29) is 16.3 Å². The predicted molar refractivity (Wildman–Crippen MR) is 74.6 cm³/mol. The highest BCUT2D eigenvalue weighted by molar-refractivity contribution is 7.89. The number of methoxy groups -OCH3 is 1. The molecule has 112 valence electrons. The number of nitrogens with one attached hydrogen (secondary N) is 1. The summed E-state index contributed by atoms with van der Waals surface area (Å²) in [5, 5.41) is 0. The van der Waals surface area contributed by atoms with E-state index in [1.165, 1.54) is 13.2 Å². The molecule has 7 heteroatoms. The van der Waals surface area contributed by atoms with E-state index < -0.39 is 21.4 Å². The molecule has 2 rings (SSSR count). The van der Waals surface area contributed by atoms with E-state index in [0.717, 1.165) is 25.3 Å². The lowest BCUT2D eigenvalue weighted by atomic mass is 9.76. The third kappa shape index (κ3) is 2.60. The molecule has 1 aromatic carbocycles. The molecule has 0 heterocycles. The number of anilines is 1. The van der Waals surface area contributed by atoms with Crippen LogP contribution in [0, 0.1) is 5.82 Å².